The molecule has 0 saturated carbocycles. The van der Waals surface area contributed by atoms with Crippen LogP contribution in [0, 0.1) is 13.8 Å². The molecule has 0 bridgehead atoms. The largest absolute Gasteiger partial charge is 0.379 e. The SMILES string of the molecule is Cc1cccc(C)c1NCc1cc(=O)n2[nH]c(NCc3cccs3)nc2n1. The number of rotatable bonds is 6. The van der Waals surface area contributed by atoms with Gasteiger partial charge in [-0.3, -0.25) is 9.89 Å². The molecular weight excluding hydrogens is 360 g/mol. The van der Waals surface area contributed by atoms with Crippen LogP contribution < -0.4 is 16.2 Å². The van der Waals surface area contributed by atoms with E-state index in [1.807, 2.05) is 23.6 Å². The molecule has 0 fully saturated rings. The summed E-state index contributed by atoms with van der Waals surface area (Å²) in [6.07, 6.45) is 0. The van der Waals surface area contributed by atoms with Gasteiger partial charge >= 0.3 is 0 Å². The summed E-state index contributed by atoms with van der Waals surface area (Å²) in [6, 6.07) is 11.7. The van der Waals surface area contributed by atoms with E-state index in [0.717, 1.165) is 16.8 Å². The monoisotopic (exact) mass is 380 g/mol. The standard InChI is InChI=1S/C19H20N6OS/c1-12-5-3-6-13(2)17(12)20-10-14-9-16(26)25-19(22-14)23-18(24-25)21-11-15-7-4-8-27-15/h3-9,20H,10-11H2,1-2H3,(H2,21,22,23,24). The number of nitrogens with zero attached hydrogens (tertiary/aromatic N) is 3. The highest BCUT2D eigenvalue weighted by atomic mass is 32.1. The van der Waals surface area contributed by atoms with Crippen LogP contribution in [0.1, 0.15) is 21.7 Å². The fourth-order valence-corrected chi connectivity index (χ4v) is 3.60. The third-order valence-electron chi connectivity index (χ3n) is 4.32. The van der Waals surface area contributed by atoms with Gasteiger partial charge in [-0.1, -0.05) is 24.3 Å². The van der Waals surface area contributed by atoms with Gasteiger partial charge in [-0.2, -0.15) is 9.50 Å². The minimum atomic E-state index is -0.185. The zero-order valence-electron chi connectivity index (χ0n) is 15.1. The summed E-state index contributed by atoms with van der Waals surface area (Å²) in [5.74, 6) is 0.877. The Morgan fingerprint density at radius 1 is 1.07 bits per heavy atom. The van der Waals surface area contributed by atoms with Crippen molar-refractivity contribution in [3.63, 3.8) is 0 Å². The van der Waals surface area contributed by atoms with E-state index in [1.54, 1.807) is 11.3 Å². The highest BCUT2D eigenvalue weighted by Crippen LogP contribution is 2.20. The van der Waals surface area contributed by atoms with Crippen molar-refractivity contribution in [2.24, 2.45) is 0 Å². The molecule has 27 heavy (non-hydrogen) atoms. The van der Waals surface area contributed by atoms with Crippen molar-refractivity contribution in [3.8, 4) is 0 Å². The van der Waals surface area contributed by atoms with E-state index in [0.29, 0.717) is 30.5 Å². The molecule has 4 aromatic rings. The number of nitrogens with one attached hydrogen (secondary N) is 3. The number of aromatic nitrogens is 4. The molecule has 3 heterocycles. The van der Waals surface area contributed by atoms with E-state index in [2.05, 4.69) is 51.7 Å². The Labute approximate surface area is 160 Å². The summed E-state index contributed by atoms with van der Waals surface area (Å²) in [5, 5.41) is 11.5. The quantitative estimate of drug-likeness (QED) is 0.478. The zero-order valence-corrected chi connectivity index (χ0v) is 15.9. The predicted octanol–water partition coefficient (Wildman–Crippen LogP) is 3.32. The Balaban J connectivity index is 1.53. The Bertz CT molecular complexity index is 1110. The molecule has 0 saturated heterocycles. The van der Waals surface area contributed by atoms with Crippen LogP contribution in [0.5, 0.6) is 0 Å². The van der Waals surface area contributed by atoms with Crippen LogP contribution in [0.25, 0.3) is 5.78 Å². The zero-order chi connectivity index (χ0) is 18.8. The number of fused-ring (bicyclic) bond motifs is 1. The molecule has 0 unspecified atom stereocenters. The van der Waals surface area contributed by atoms with Gasteiger partial charge in [0.25, 0.3) is 11.3 Å². The summed E-state index contributed by atoms with van der Waals surface area (Å²) in [6.45, 7) is 5.22. The van der Waals surface area contributed by atoms with Crippen molar-refractivity contribution in [1.29, 1.82) is 0 Å². The van der Waals surface area contributed by atoms with Gasteiger partial charge < -0.3 is 10.6 Å². The normalized spacial score (nSPS) is 11.0. The molecule has 0 spiro atoms. The maximum atomic E-state index is 12.4. The first-order valence-corrected chi connectivity index (χ1v) is 9.53. The first-order chi connectivity index (χ1) is 13.1. The van der Waals surface area contributed by atoms with Gasteiger partial charge in [0, 0.05) is 16.6 Å². The highest BCUT2D eigenvalue weighted by Gasteiger charge is 2.09. The average Bonchev–Trinajstić information content (AvgIpc) is 3.29. The topological polar surface area (TPSA) is 87.1 Å². The van der Waals surface area contributed by atoms with E-state index >= 15 is 0 Å². The minimum absolute atomic E-state index is 0.185. The number of H-pyrrole nitrogens is 1. The van der Waals surface area contributed by atoms with Crippen molar-refractivity contribution in [1.82, 2.24) is 19.6 Å². The lowest BCUT2D eigenvalue weighted by atomic mass is 10.1. The van der Waals surface area contributed by atoms with Crippen LogP contribution in [-0.4, -0.2) is 19.6 Å². The van der Waals surface area contributed by atoms with E-state index < -0.39 is 0 Å². The number of anilines is 2. The fourth-order valence-electron chi connectivity index (χ4n) is 2.95. The number of hydrogen-bond donors (Lipinski definition) is 3. The molecule has 0 amide bonds. The summed E-state index contributed by atoms with van der Waals surface area (Å²) in [5.41, 5.74) is 3.86. The Kier molecular flexibility index (Phi) is 4.64. The number of thiophene rings is 1. The maximum absolute atomic E-state index is 12.4. The molecule has 0 aliphatic heterocycles. The molecule has 4 rings (SSSR count). The third-order valence-corrected chi connectivity index (χ3v) is 5.20. The van der Waals surface area contributed by atoms with E-state index in [-0.39, 0.29) is 5.56 Å². The molecule has 1 aromatic carbocycles. The van der Waals surface area contributed by atoms with Crippen LogP contribution in [0.2, 0.25) is 0 Å². The number of benzene rings is 1. The average molecular weight is 380 g/mol. The molecule has 3 N–H and O–H groups in total. The Morgan fingerprint density at radius 2 is 1.89 bits per heavy atom. The van der Waals surface area contributed by atoms with Gasteiger partial charge in [0.15, 0.2) is 0 Å². The van der Waals surface area contributed by atoms with Gasteiger partial charge in [0.05, 0.1) is 18.8 Å². The van der Waals surface area contributed by atoms with Crippen LogP contribution in [0.4, 0.5) is 11.6 Å². The van der Waals surface area contributed by atoms with Crippen LogP contribution in [0.3, 0.4) is 0 Å². The molecule has 8 heteroatoms. The molecule has 0 atom stereocenters. The van der Waals surface area contributed by atoms with Crippen molar-refractivity contribution in [2.45, 2.75) is 26.9 Å². The van der Waals surface area contributed by atoms with Crippen molar-refractivity contribution >= 4 is 28.8 Å². The summed E-state index contributed by atoms with van der Waals surface area (Å²) < 4.78 is 1.35. The summed E-state index contributed by atoms with van der Waals surface area (Å²) >= 11 is 1.66. The van der Waals surface area contributed by atoms with Gasteiger partial charge in [0.2, 0.25) is 5.95 Å². The van der Waals surface area contributed by atoms with Crippen molar-refractivity contribution < 1.29 is 0 Å². The van der Waals surface area contributed by atoms with Crippen LogP contribution >= 0.6 is 11.3 Å². The lowest BCUT2D eigenvalue weighted by molar-refractivity contribution is 0.874. The number of para-hydroxylation sites is 1. The van der Waals surface area contributed by atoms with Crippen LogP contribution in [0.15, 0.2) is 46.6 Å². The van der Waals surface area contributed by atoms with Crippen molar-refractivity contribution in [2.75, 3.05) is 10.6 Å². The molecule has 0 aliphatic rings. The molecule has 0 radical (unpaired) electrons. The molecule has 0 aliphatic carbocycles. The number of aromatic amines is 1. The second-order valence-electron chi connectivity index (χ2n) is 6.35. The van der Waals surface area contributed by atoms with E-state index in [4.69, 9.17) is 0 Å². The Morgan fingerprint density at radius 3 is 2.63 bits per heavy atom. The smallest absolute Gasteiger partial charge is 0.274 e. The second-order valence-corrected chi connectivity index (χ2v) is 7.38. The Hall–Kier alpha value is -3.13. The number of hydrogen-bond acceptors (Lipinski definition) is 6. The predicted molar refractivity (Wildman–Crippen MR) is 108 cm³/mol. The van der Waals surface area contributed by atoms with E-state index in [1.165, 1.54) is 15.5 Å². The van der Waals surface area contributed by atoms with Gasteiger partial charge in [-0.05, 0) is 36.4 Å². The second kappa shape index (κ2) is 7.24. The maximum Gasteiger partial charge on any atom is 0.274 e. The van der Waals surface area contributed by atoms with Crippen LogP contribution in [-0.2, 0) is 13.1 Å². The first-order valence-electron chi connectivity index (χ1n) is 8.65. The fraction of sp³-hybridized carbons (Fsp3) is 0.211. The lowest BCUT2D eigenvalue weighted by Crippen LogP contribution is -2.17. The highest BCUT2D eigenvalue weighted by molar-refractivity contribution is 7.09. The molecular formula is C19H20N6OS. The third kappa shape index (κ3) is 3.70. The minimum Gasteiger partial charge on any atom is -0.379 e. The van der Waals surface area contributed by atoms with Gasteiger partial charge in [-0.15, -0.1) is 11.3 Å². The molecule has 7 nitrogen and oxygen atoms in total. The summed E-state index contributed by atoms with van der Waals surface area (Å²) in [4.78, 5) is 22.5. The van der Waals surface area contributed by atoms with Gasteiger partial charge in [-0.25, -0.2) is 4.98 Å². The molecule has 138 valence electrons. The molecule has 3 aromatic heterocycles. The van der Waals surface area contributed by atoms with Crippen molar-refractivity contribution in [3.05, 3.63) is 73.8 Å². The number of aryl methyl sites for hydroxylation is 2. The summed E-state index contributed by atoms with van der Waals surface area (Å²) in [7, 11) is 0. The van der Waals surface area contributed by atoms with E-state index in [9.17, 15) is 4.79 Å². The first kappa shape index (κ1) is 17.3. The van der Waals surface area contributed by atoms with Gasteiger partial charge in [0.1, 0.15) is 0 Å². The lowest BCUT2D eigenvalue weighted by Gasteiger charge is -2.11.